The van der Waals surface area contributed by atoms with Gasteiger partial charge in [0.15, 0.2) is 5.78 Å². The van der Waals surface area contributed by atoms with E-state index in [0.717, 1.165) is 18.2 Å². The van der Waals surface area contributed by atoms with Crippen LogP contribution in [-0.2, 0) is 11.2 Å². The number of methoxy groups -OCH3 is 1. The van der Waals surface area contributed by atoms with Crippen LogP contribution in [0.5, 0.6) is 5.75 Å². The summed E-state index contributed by atoms with van der Waals surface area (Å²) < 4.78 is 31.4. The fourth-order valence-electron chi connectivity index (χ4n) is 2.13. The second kappa shape index (κ2) is 7.50. The van der Waals surface area contributed by atoms with Gasteiger partial charge in [-0.05, 0) is 42.5 Å². The van der Waals surface area contributed by atoms with E-state index >= 15 is 0 Å². The molecule has 0 heterocycles. The van der Waals surface area contributed by atoms with E-state index in [-0.39, 0.29) is 17.5 Å². The van der Waals surface area contributed by atoms with E-state index < -0.39 is 23.4 Å². The van der Waals surface area contributed by atoms with Gasteiger partial charge in [-0.25, -0.2) is 8.78 Å². The van der Waals surface area contributed by atoms with Crippen molar-refractivity contribution in [3.8, 4) is 5.75 Å². The zero-order chi connectivity index (χ0) is 17.7. The smallest absolute Gasteiger partial charge is 0.307 e. The van der Waals surface area contributed by atoms with Crippen LogP contribution in [0.3, 0.4) is 0 Å². The van der Waals surface area contributed by atoms with Gasteiger partial charge in [0, 0.05) is 22.8 Å². The Balaban J connectivity index is 2.26. The summed E-state index contributed by atoms with van der Waals surface area (Å²) in [5.41, 5.74) is 0.673. The molecule has 0 aromatic heterocycles. The minimum atomic E-state index is -1.05. The van der Waals surface area contributed by atoms with Crippen molar-refractivity contribution in [1.82, 2.24) is 0 Å². The average Bonchev–Trinajstić information content (AvgIpc) is 2.53. The first-order valence-corrected chi connectivity index (χ1v) is 6.97. The molecule has 0 bridgehead atoms. The van der Waals surface area contributed by atoms with Crippen molar-refractivity contribution in [1.29, 1.82) is 0 Å². The number of ketones is 1. The molecule has 4 nitrogen and oxygen atoms in total. The highest BCUT2D eigenvalue weighted by Crippen LogP contribution is 2.21. The topological polar surface area (TPSA) is 63.6 Å². The van der Waals surface area contributed by atoms with Gasteiger partial charge < -0.3 is 9.84 Å². The van der Waals surface area contributed by atoms with Crippen molar-refractivity contribution in [2.24, 2.45) is 0 Å². The fraction of sp³-hybridized carbons (Fsp3) is 0.111. The maximum atomic E-state index is 13.5. The van der Waals surface area contributed by atoms with Gasteiger partial charge in [-0.3, -0.25) is 9.59 Å². The summed E-state index contributed by atoms with van der Waals surface area (Å²) in [5, 5.41) is 8.89. The quantitative estimate of drug-likeness (QED) is 0.650. The van der Waals surface area contributed by atoms with Gasteiger partial charge in [-0.15, -0.1) is 0 Å². The molecule has 124 valence electrons. The first kappa shape index (κ1) is 17.3. The molecule has 0 spiro atoms. The zero-order valence-electron chi connectivity index (χ0n) is 12.8. The number of halogens is 2. The molecule has 0 atom stereocenters. The maximum Gasteiger partial charge on any atom is 0.307 e. The number of ether oxygens (including phenoxy) is 1. The van der Waals surface area contributed by atoms with E-state index in [1.165, 1.54) is 37.5 Å². The number of carbonyl (C=O) groups excluding carboxylic acids is 1. The van der Waals surface area contributed by atoms with Crippen LogP contribution in [0.25, 0.3) is 6.08 Å². The Hall–Kier alpha value is -3.02. The molecule has 0 aliphatic carbocycles. The van der Waals surface area contributed by atoms with Gasteiger partial charge in [0.05, 0.1) is 13.5 Å². The standard InChI is InChI=1S/C18H14F2O4/c1-24-17-7-4-12(8-13(17)9-18(22)23)16(21)6-3-11-2-5-14(19)10-15(11)20/h2-8,10H,9H2,1H3,(H,22,23)/b6-3+. The molecule has 24 heavy (non-hydrogen) atoms. The minimum absolute atomic E-state index is 0.0732. The average molecular weight is 332 g/mol. The lowest BCUT2D eigenvalue weighted by molar-refractivity contribution is -0.136. The number of benzene rings is 2. The van der Waals surface area contributed by atoms with Gasteiger partial charge in [-0.1, -0.05) is 0 Å². The van der Waals surface area contributed by atoms with Crippen molar-refractivity contribution in [2.45, 2.75) is 6.42 Å². The fourth-order valence-corrected chi connectivity index (χ4v) is 2.13. The van der Waals surface area contributed by atoms with Gasteiger partial charge in [0.25, 0.3) is 0 Å². The maximum absolute atomic E-state index is 13.5. The van der Waals surface area contributed by atoms with Crippen molar-refractivity contribution in [2.75, 3.05) is 7.11 Å². The molecule has 2 aromatic carbocycles. The molecular formula is C18H14F2O4. The predicted molar refractivity (Wildman–Crippen MR) is 84.1 cm³/mol. The SMILES string of the molecule is COc1ccc(C(=O)/C=C/c2ccc(F)cc2F)cc1CC(=O)O. The lowest BCUT2D eigenvalue weighted by Gasteiger charge is -2.08. The number of carbonyl (C=O) groups is 2. The van der Waals surface area contributed by atoms with Crippen molar-refractivity contribution in [3.05, 3.63) is 70.8 Å². The summed E-state index contributed by atoms with van der Waals surface area (Å²) in [4.78, 5) is 23.0. The highest BCUT2D eigenvalue weighted by molar-refractivity contribution is 6.07. The Morgan fingerprint density at radius 2 is 1.92 bits per heavy atom. The highest BCUT2D eigenvalue weighted by atomic mass is 19.1. The molecule has 0 aliphatic rings. The van der Waals surface area contributed by atoms with E-state index in [9.17, 15) is 18.4 Å². The molecule has 2 aromatic rings. The number of rotatable bonds is 6. The number of hydrogen-bond acceptors (Lipinski definition) is 3. The summed E-state index contributed by atoms with van der Waals surface area (Å²) in [6, 6.07) is 7.43. The van der Waals surface area contributed by atoms with Gasteiger partial charge in [0.2, 0.25) is 0 Å². The van der Waals surface area contributed by atoms with E-state index in [0.29, 0.717) is 11.3 Å². The molecule has 0 radical (unpaired) electrons. The molecule has 2 rings (SSSR count). The first-order chi connectivity index (χ1) is 11.4. The molecule has 0 amide bonds. The third-order valence-electron chi connectivity index (χ3n) is 3.28. The van der Waals surface area contributed by atoms with E-state index in [4.69, 9.17) is 9.84 Å². The second-order valence-corrected chi connectivity index (χ2v) is 4.96. The van der Waals surface area contributed by atoms with E-state index in [1.807, 2.05) is 0 Å². The molecule has 0 saturated heterocycles. The monoisotopic (exact) mass is 332 g/mol. The minimum Gasteiger partial charge on any atom is -0.496 e. The molecule has 0 unspecified atom stereocenters. The normalized spacial score (nSPS) is 10.8. The summed E-state index contributed by atoms with van der Waals surface area (Å²) in [6.07, 6.45) is 2.08. The predicted octanol–water partition coefficient (Wildman–Crippen LogP) is 3.50. The summed E-state index contributed by atoms with van der Waals surface area (Å²) in [5.74, 6) is -2.61. The van der Waals surface area contributed by atoms with Crippen LogP contribution in [0.4, 0.5) is 8.78 Å². The third kappa shape index (κ3) is 4.25. The Morgan fingerprint density at radius 1 is 1.17 bits per heavy atom. The molecule has 1 N–H and O–H groups in total. The second-order valence-electron chi connectivity index (χ2n) is 4.96. The van der Waals surface area contributed by atoms with Gasteiger partial charge >= 0.3 is 5.97 Å². The Kier molecular flexibility index (Phi) is 5.42. The lowest BCUT2D eigenvalue weighted by Crippen LogP contribution is -2.04. The summed E-state index contributed by atoms with van der Waals surface area (Å²) >= 11 is 0. The van der Waals surface area contributed by atoms with Crippen molar-refractivity contribution < 1.29 is 28.2 Å². The van der Waals surface area contributed by atoms with Crippen molar-refractivity contribution in [3.63, 3.8) is 0 Å². The zero-order valence-corrected chi connectivity index (χ0v) is 12.8. The van der Waals surface area contributed by atoms with E-state index in [2.05, 4.69) is 0 Å². The number of aliphatic carboxylic acids is 1. The van der Waals surface area contributed by atoms with Crippen molar-refractivity contribution >= 4 is 17.8 Å². The first-order valence-electron chi connectivity index (χ1n) is 6.97. The molecule has 6 heteroatoms. The summed E-state index contributed by atoms with van der Waals surface area (Å²) in [6.45, 7) is 0. The molecule has 0 fully saturated rings. The van der Waals surface area contributed by atoms with Crippen LogP contribution >= 0.6 is 0 Å². The highest BCUT2D eigenvalue weighted by Gasteiger charge is 2.11. The molecular weight excluding hydrogens is 318 g/mol. The number of carboxylic acid groups (broad SMARTS) is 1. The molecule has 0 saturated carbocycles. The number of hydrogen-bond donors (Lipinski definition) is 1. The molecule has 0 aliphatic heterocycles. The van der Waals surface area contributed by atoms with Crippen LogP contribution < -0.4 is 4.74 Å². The number of carboxylic acids is 1. The van der Waals surface area contributed by atoms with Crippen LogP contribution in [-0.4, -0.2) is 24.0 Å². The van der Waals surface area contributed by atoms with E-state index in [1.54, 1.807) is 0 Å². The largest absolute Gasteiger partial charge is 0.496 e. The van der Waals surface area contributed by atoms with Gasteiger partial charge in [0.1, 0.15) is 17.4 Å². The number of allylic oxidation sites excluding steroid dienone is 1. The van der Waals surface area contributed by atoms with Crippen LogP contribution in [0.1, 0.15) is 21.5 Å². The van der Waals surface area contributed by atoms with Crippen LogP contribution in [0.15, 0.2) is 42.5 Å². The Labute approximate surface area is 137 Å². The lowest BCUT2D eigenvalue weighted by atomic mass is 10.0. The third-order valence-corrected chi connectivity index (χ3v) is 3.28. The van der Waals surface area contributed by atoms with Crippen LogP contribution in [0.2, 0.25) is 0 Å². The Bertz CT molecular complexity index is 813. The Morgan fingerprint density at radius 3 is 2.54 bits per heavy atom. The summed E-state index contributed by atoms with van der Waals surface area (Å²) in [7, 11) is 1.40. The van der Waals surface area contributed by atoms with Crippen LogP contribution in [0, 0.1) is 11.6 Å². The van der Waals surface area contributed by atoms with Gasteiger partial charge in [-0.2, -0.15) is 0 Å².